The molecule has 0 saturated heterocycles. The van der Waals surface area contributed by atoms with Crippen LogP contribution >= 0.6 is 0 Å². The van der Waals surface area contributed by atoms with E-state index in [-0.39, 0.29) is 23.8 Å². The third-order valence-corrected chi connectivity index (χ3v) is 4.52. The van der Waals surface area contributed by atoms with Crippen molar-refractivity contribution in [3.63, 3.8) is 0 Å². The molecule has 0 bridgehead atoms. The van der Waals surface area contributed by atoms with Gasteiger partial charge in [-0.25, -0.2) is 4.79 Å². The van der Waals surface area contributed by atoms with Gasteiger partial charge in [0.05, 0.1) is 12.7 Å². The lowest BCUT2D eigenvalue weighted by Crippen LogP contribution is -2.34. The molecule has 0 aromatic heterocycles. The molecular formula is C22H26N2O5. The summed E-state index contributed by atoms with van der Waals surface area (Å²) in [6, 6.07) is 14.3. The van der Waals surface area contributed by atoms with Crippen molar-refractivity contribution >= 4 is 17.8 Å². The Bertz CT molecular complexity index is 852. The summed E-state index contributed by atoms with van der Waals surface area (Å²) in [7, 11) is 1.48. The molecule has 2 rings (SSSR count). The smallest absolute Gasteiger partial charge is 0.335 e. The quantitative estimate of drug-likeness (QED) is 0.641. The molecule has 0 unspecified atom stereocenters. The third kappa shape index (κ3) is 6.95. The largest absolute Gasteiger partial charge is 0.496 e. The van der Waals surface area contributed by atoms with E-state index in [2.05, 4.69) is 5.32 Å². The SMILES string of the molecule is COc1cc(C(=O)O)ccc1CCNC(=O)CCN(Cc1ccccc1)C(C)=O. The number of aromatic carboxylic acids is 1. The molecule has 0 fully saturated rings. The predicted octanol–water partition coefficient (Wildman–Crippen LogP) is 2.49. The van der Waals surface area contributed by atoms with E-state index in [1.807, 2.05) is 30.3 Å². The summed E-state index contributed by atoms with van der Waals surface area (Å²) in [6.45, 7) is 2.69. The molecule has 0 heterocycles. The molecule has 0 atom stereocenters. The Morgan fingerprint density at radius 1 is 1.10 bits per heavy atom. The Morgan fingerprint density at radius 2 is 1.83 bits per heavy atom. The van der Waals surface area contributed by atoms with Gasteiger partial charge in [-0.3, -0.25) is 9.59 Å². The zero-order valence-electron chi connectivity index (χ0n) is 16.7. The number of hydrogen-bond donors (Lipinski definition) is 2. The van der Waals surface area contributed by atoms with E-state index in [1.165, 1.54) is 26.2 Å². The molecule has 2 aromatic rings. The van der Waals surface area contributed by atoms with Crippen LogP contribution in [0.2, 0.25) is 0 Å². The van der Waals surface area contributed by atoms with Gasteiger partial charge in [0.2, 0.25) is 11.8 Å². The second kappa shape index (κ2) is 10.8. The third-order valence-electron chi connectivity index (χ3n) is 4.52. The van der Waals surface area contributed by atoms with E-state index in [0.29, 0.717) is 31.8 Å². The number of amides is 2. The monoisotopic (exact) mass is 398 g/mol. The van der Waals surface area contributed by atoms with E-state index < -0.39 is 5.97 Å². The normalized spacial score (nSPS) is 10.3. The molecule has 2 N–H and O–H groups in total. The first-order valence-corrected chi connectivity index (χ1v) is 9.37. The second-order valence-corrected chi connectivity index (χ2v) is 6.61. The number of carboxylic acids is 1. The highest BCUT2D eigenvalue weighted by Gasteiger charge is 2.13. The summed E-state index contributed by atoms with van der Waals surface area (Å²) >= 11 is 0. The number of methoxy groups -OCH3 is 1. The van der Waals surface area contributed by atoms with E-state index >= 15 is 0 Å². The number of carboxylic acid groups (broad SMARTS) is 1. The zero-order valence-corrected chi connectivity index (χ0v) is 16.7. The number of ether oxygens (including phenoxy) is 1. The number of rotatable bonds is 10. The summed E-state index contributed by atoms with van der Waals surface area (Å²) in [4.78, 5) is 36.7. The molecule has 2 amide bonds. The van der Waals surface area contributed by atoms with Crippen molar-refractivity contribution in [3.05, 3.63) is 65.2 Å². The van der Waals surface area contributed by atoms with Crippen molar-refractivity contribution in [2.24, 2.45) is 0 Å². The topological polar surface area (TPSA) is 95.9 Å². The number of nitrogens with zero attached hydrogens (tertiary/aromatic N) is 1. The van der Waals surface area contributed by atoms with Gasteiger partial charge in [-0.05, 0) is 29.7 Å². The highest BCUT2D eigenvalue weighted by Crippen LogP contribution is 2.20. The van der Waals surface area contributed by atoms with Crippen molar-refractivity contribution in [1.82, 2.24) is 10.2 Å². The first kappa shape index (κ1) is 21.9. The fourth-order valence-corrected chi connectivity index (χ4v) is 2.90. The van der Waals surface area contributed by atoms with Crippen LogP contribution in [0, 0.1) is 0 Å². The maximum Gasteiger partial charge on any atom is 0.335 e. The van der Waals surface area contributed by atoms with Crippen LogP contribution in [0.25, 0.3) is 0 Å². The molecule has 0 aliphatic rings. The van der Waals surface area contributed by atoms with Crippen molar-refractivity contribution < 1.29 is 24.2 Å². The minimum atomic E-state index is -1.02. The minimum Gasteiger partial charge on any atom is -0.496 e. The van der Waals surface area contributed by atoms with Gasteiger partial charge in [-0.15, -0.1) is 0 Å². The van der Waals surface area contributed by atoms with E-state index in [4.69, 9.17) is 9.84 Å². The average Bonchev–Trinajstić information content (AvgIpc) is 2.71. The number of hydrogen-bond acceptors (Lipinski definition) is 4. The molecule has 154 valence electrons. The Morgan fingerprint density at radius 3 is 2.45 bits per heavy atom. The van der Waals surface area contributed by atoms with E-state index in [9.17, 15) is 14.4 Å². The molecule has 0 saturated carbocycles. The van der Waals surface area contributed by atoms with E-state index in [0.717, 1.165) is 11.1 Å². The van der Waals surface area contributed by atoms with Gasteiger partial charge in [0, 0.05) is 33.0 Å². The molecule has 0 spiro atoms. The molecule has 7 nitrogen and oxygen atoms in total. The van der Waals surface area contributed by atoms with Crippen LogP contribution in [0.15, 0.2) is 48.5 Å². The Kier molecular flexibility index (Phi) is 8.21. The van der Waals surface area contributed by atoms with Gasteiger partial charge >= 0.3 is 5.97 Å². The van der Waals surface area contributed by atoms with Crippen LogP contribution in [0.1, 0.15) is 34.8 Å². The first-order valence-electron chi connectivity index (χ1n) is 9.37. The number of benzene rings is 2. The minimum absolute atomic E-state index is 0.0788. The first-order chi connectivity index (χ1) is 13.9. The average molecular weight is 398 g/mol. The molecule has 2 aromatic carbocycles. The van der Waals surface area contributed by atoms with Crippen LogP contribution in [0.4, 0.5) is 0 Å². The van der Waals surface area contributed by atoms with Gasteiger partial charge in [0.1, 0.15) is 5.75 Å². The van der Waals surface area contributed by atoms with Gasteiger partial charge in [0.25, 0.3) is 0 Å². The predicted molar refractivity (Wildman–Crippen MR) is 109 cm³/mol. The Balaban J connectivity index is 1.82. The van der Waals surface area contributed by atoms with E-state index in [1.54, 1.807) is 11.0 Å². The number of carbonyl (C=O) groups is 3. The molecule has 0 aliphatic carbocycles. The standard InChI is InChI=1S/C22H26N2O5/c1-16(25)24(15-17-6-4-3-5-7-17)13-11-21(26)23-12-10-18-8-9-19(22(27)28)14-20(18)29-2/h3-9,14H,10-13,15H2,1-2H3,(H,23,26)(H,27,28). The van der Waals surface area contributed by atoms with Crippen molar-refractivity contribution in [3.8, 4) is 5.75 Å². The Labute approximate surface area is 170 Å². The lowest BCUT2D eigenvalue weighted by Gasteiger charge is -2.21. The summed E-state index contributed by atoms with van der Waals surface area (Å²) in [5.41, 5.74) is 1.98. The molecular weight excluding hydrogens is 372 g/mol. The highest BCUT2D eigenvalue weighted by atomic mass is 16.5. The zero-order chi connectivity index (χ0) is 21.2. The fraction of sp³-hybridized carbons (Fsp3) is 0.318. The molecule has 0 radical (unpaired) electrons. The molecule has 29 heavy (non-hydrogen) atoms. The van der Waals surface area contributed by atoms with Gasteiger partial charge in [-0.1, -0.05) is 36.4 Å². The van der Waals surface area contributed by atoms with Crippen molar-refractivity contribution in [2.75, 3.05) is 20.2 Å². The molecule has 0 aliphatic heterocycles. The van der Waals surface area contributed by atoms with Gasteiger partial charge in [0.15, 0.2) is 0 Å². The van der Waals surface area contributed by atoms with Gasteiger partial charge in [-0.2, -0.15) is 0 Å². The summed E-state index contributed by atoms with van der Waals surface area (Å²) in [5.74, 6) is -0.770. The summed E-state index contributed by atoms with van der Waals surface area (Å²) in [5, 5.41) is 11.9. The highest BCUT2D eigenvalue weighted by molar-refractivity contribution is 5.88. The van der Waals surface area contributed by atoms with Gasteiger partial charge < -0.3 is 20.1 Å². The van der Waals surface area contributed by atoms with Crippen LogP contribution in [0.3, 0.4) is 0 Å². The fourth-order valence-electron chi connectivity index (χ4n) is 2.90. The Hall–Kier alpha value is -3.35. The lowest BCUT2D eigenvalue weighted by atomic mass is 10.1. The van der Waals surface area contributed by atoms with Crippen LogP contribution in [-0.4, -0.2) is 48.0 Å². The van der Waals surface area contributed by atoms with Crippen molar-refractivity contribution in [1.29, 1.82) is 0 Å². The summed E-state index contributed by atoms with van der Waals surface area (Å²) < 4.78 is 5.24. The number of carbonyl (C=O) groups excluding carboxylic acids is 2. The number of nitrogens with one attached hydrogen (secondary N) is 1. The maximum absolute atomic E-state index is 12.2. The van der Waals surface area contributed by atoms with Crippen LogP contribution in [-0.2, 0) is 22.6 Å². The maximum atomic E-state index is 12.2. The second-order valence-electron chi connectivity index (χ2n) is 6.61. The lowest BCUT2D eigenvalue weighted by molar-refractivity contribution is -0.130. The van der Waals surface area contributed by atoms with Crippen LogP contribution < -0.4 is 10.1 Å². The molecule has 7 heteroatoms. The summed E-state index contributed by atoms with van der Waals surface area (Å²) in [6.07, 6.45) is 0.719. The van der Waals surface area contributed by atoms with Crippen LogP contribution in [0.5, 0.6) is 5.75 Å². The van der Waals surface area contributed by atoms with Crippen molar-refractivity contribution in [2.45, 2.75) is 26.3 Å².